The first-order valence-electron chi connectivity index (χ1n) is 13.7. The van der Waals surface area contributed by atoms with Crippen molar-refractivity contribution in [1.82, 2.24) is 10.2 Å². The third-order valence-corrected chi connectivity index (χ3v) is 8.88. The maximum absolute atomic E-state index is 12.4. The molecule has 5 heteroatoms. The summed E-state index contributed by atoms with van der Waals surface area (Å²) in [4.78, 5) is 16.9. The molecule has 3 aromatic carbocycles. The molecule has 5 nitrogen and oxygen atoms in total. The monoisotopic (exact) mass is 495 g/mol. The summed E-state index contributed by atoms with van der Waals surface area (Å²) in [5, 5.41) is 4.02. The molecule has 1 amide bonds. The lowest BCUT2D eigenvalue weighted by atomic mass is 9.70. The molecule has 4 heterocycles. The second-order valence-corrected chi connectivity index (χ2v) is 10.8. The molecule has 4 aliphatic heterocycles. The number of methoxy groups -OCH3 is 1. The highest BCUT2D eigenvalue weighted by molar-refractivity contribution is 5.96. The van der Waals surface area contributed by atoms with Crippen LogP contribution in [0.2, 0.25) is 0 Å². The van der Waals surface area contributed by atoms with E-state index in [9.17, 15) is 4.79 Å². The van der Waals surface area contributed by atoms with Crippen molar-refractivity contribution < 1.29 is 9.53 Å². The summed E-state index contributed by atoms with van der Waals surface area (Å²) in [6.45, 7) is 3.05. The van der Waals surface area contributed by atoms with Crippen molar-refractivity contribution in [3.63, 3.8) is 0 Å². The highest BCUT2D eigenvalue weighted by atomic mass is 16.5. The number of ether oxygens (including phenoxy) is 1. The number of hydrogen-bond acceptors (Lipinski definition) is 4. The molecule has 0 aliphatic carbocycles. The van der Waals surface area contributed by atoms with E-state index in [-0.39, 0.29) is 5.91 Å². The topological polar surface area (TPSA) is 44.8 Å². The van der Waals surface area contributed by atoms with E-state index in [1.54, 1.807) is 12.0 Å². The molecule has 2 bridgehead atoms. The van der Waals surface area contributed by atoms with Crippen LogP contribution in [0.4, 0.5) is 5.69 Å². The molecule has 4 aliphatic rings. The van der Waals surface area contributed by atoms with E-state index in [1.807, 2.05) is 7.05 Å². The molecule has 2 atom stereocenters. The Hall–Kier alpha value is -3.15. The quantitative estimate of drug-likeness (QED) is 0.502. The summed E-state index contributed by atoms with van der Waals surface area (Å²) in [5.41, 5.74) is 6.09. The van der Waals surface area contributed by atoms with Crippen LogP contribution in [0.5, 0.6) is 5.75 Å². The zero-order chi connectivity index (χ0) is 25.4. The Labute approximate surface area is 220 Å². The first-order chi connectivity index (χ1) is 18.1. The Morgan fingerprint density at radius 1 is 0.946 bits per heavy atom. The van der Waals surface area contributed by atoms with E-state index in [0.29, 0.717) is 30.3 Å². The van der Waals surface area contributed by atoms with Gasteiger partial charge in [-0.1, -0.05) is 60.7 Å². The van der Waals surface area contributed by atoms with Crippen LogP contribution in [-0.4, -0.2) is 50.1 Å². The molecule has 0 saturated carbocycles. The highest BCUT2D eigenvalue weighted by Crippen LogP contribution is 2.42. The van der Waals surface area contributed by atoms with Gasteiger partial charge in [0, 0.05) is 49.3 Å². The van der Waals surface area contributed by atoms with E-state index in [4.69, 9.17) is 4.74 Å². The molecule has 3 fully saturated rings. The number of aryl methyl sites for hydroxylation is 1. The predicted octanol–water partition coefficient (Wildman–Crippen LogP) is 4.99. The molecule has 3 aromatic rings. The van der Waals surface area contributed by atoms with Gasteiger partial charge < -0.3 is 15.0 Å². The first kappa shape index (κ1) is 24.2. The van der Waals surface area contributed by atoms with Crippen molar-refractivity contribution in [3.05, 3.63) is 95.1 Å². The van der Waals surface area contributed by atoms with Crippen LogP contribution < -0.4 is 15.0 Å². The van der Waals surface area contributed by atoms with Crippen molar-refractivity contribution in [1.29, 1.82) is 0 Å². The number of nitrogens with one attached hydrogen (secondary N) is 1. The number of carbonyl (C=O) groups is 1. The molecule has 0 radical (unpaired) electrons. The maximum Gasteiger partial charge on any atom is 0.227 e. The molecular formula is C32H37N3O2. The summed E-state index contributed by atoms with van der Waals surface area (Å²) in [6.07, 6.45) is 3.82. The number of fused-ring (bicyclic) bond motifs is 4. The van der Waals surface area contributed by atoms with Crippen LogP contribution >= 0.6 is 0 Å². The summed E-state index contributed by atoms with van der Waals surface area (Å²) >= 11 is 0. The van der Waals surface area contributed by atoms with E-state index < -0.39 is 0 Å². The molecular weight excluding hydrogens is 458 g/mol. The molecule has 0 aromatic heterocycles. The molecule has 1 N–H and O–H groups in total. The number of benzene rings is 3. The van der Waals surface area contributed by atoms with Crippen molar-refractivity contribution in [2.45, 2.75) is 50.2 Å². The molecule has 37 heavy (non-hydrogen) atoms. The van der Waals surface area contributed by atoms with Crippen LogP contribution in [0.25, 0.3) is 0 Å². The van der Waals surface area contributed by atoms with Crippen molar-refractivity contribution >= 4 is 11.6 Å². The fourth-order valence-corrected chi connectivity index (χ4v) is 6.96. The molecule has 7 rings (SSSR count). The lowest BCUT2D eigenvalue weighted by Gasteiger charge is -2.54. The Morgan fingerprint density at radius 3 is 2.22 bits per heavy atom. The lowest BCUT2D eigenvalue weighted by Crippen LogP contribution is -2.64. The molecule has 192 valence electrons. The number of carbonyl (C=O) groups excluding carboxylic acids is 1. The SMILES string of the molecule is COc1cc2c(cc1CN[C@H]1C3CCN(CC3)[C@H]1C(c1ccccc1)c1ccccc1)N(C)C(=O)CC2. The highest BCUT2D eigenvalue weighted by Gasteiger charge is 2.46. The Morgan fingerprint density at radius 2 is 1.59 bits per heavy atom. The zero-order valence-corrected chi connectivity index (χ0v) is 21.9. The van der Waals surface area contributed by atoms with Crippen molar-refractivity contribution in [2.24, 2.45) is 5.92 Å². The fourth-order valence-electron chi connectivity index (χ4n) is 6.96. The Bertz CT molecular complexity index is 1200. The Balaban J connectivity index is 1.34. The summed E-state index contributed by atoms with van der Waals surface area (Å²) < 4.78 is 5.83. The number of anilines is 1. The van der Waals surface area contributed by atoms with Crippen LogP contribution in [0.3, 0.4) is 0 Å². The number of nitrogens with zero attached hydrogens (tertiary/aromatic N) is 2. The van der Waals surface area contributed by atoms with Crippen LogP contribution in [-0.2, 0) is 17.8 Å². The average Bonchev–Trinajstić information content (AvgIpc) is 2.96. The minimum Gasteiger partial charge on any atom is -0.496 e. The van der Waals surface area contributed by atoms with Crippen LogP contribution in [0.1, 0.15) is 47.4 Å². The third kappa shape index (κ3) is 4.55. The minimum atomic E-state index is 0.183. The number of piperidine rings is 3. The van der Waals surface area contributed by atoms with Crippen LogP contribution in [0, 0.1) is 5.92 Å². The van der Waals surface area contributed by atoms with Crippen LogP contribution in [0.15, 0.2) is 72.8 Å². The first-order valence-corrected chi connectivity index (χ1v) is 13.7. The second kappa shape index (κ2) is 10.3. The largest absolute Gasteiger partial charge is 0.496 e. The van der Waals surface area contributed by atoms with Gasteiger partial charge in [0.25, 0.3) is 0 Å². The maximum atomic E-state index is 12.4. The third-order valence-electron chi connectivity index (χ3n) is 8.88. The van der Waals surface area contributed by atoms with Gasteiger partial charge in [0.2, 0.25) is 5.91 Å². The fraction of sp³-hybridized carbons (Fsp3) is 0.406. The van der Waals surface area contributed by atoms with Gasteiger partial charge in [-0.15, -0.1) is 0 Å². The summed E-state index contributed by atoms with van der Waals surface area (Å²) in [7, 11) is 3.64. The van der Waals surface area contributed by atoms with E-state index >= 15 is 0 Å². The van der Waals surface area contributed by atoms with E-state index in [1.165, 1.54) is 42.6 Å². The van der Waals surface area contributed by atoms with Gasteiger partial charge in [-0.05, 0) is 67.1 Å². The van der Waals surface area contributed by atoms with Gasteiger partial charge in [0.15, 0.2) is 0 Å². The lowest BCUT2D eigenvalue weighted by molar-refractivity contribution is -0.118. The molecule has 0 spiro atoms. The van der Waals surface area contributed by atoms with Gasteiger partial charge >= 0.3 is 0 Å². The van der Waals surface area contributed by atoms with E-state index in [0.717, 1.165) is 30.0 Å². The smallest absolute Gasteiger partial charge is 0.227 e. The number of hydrogen-bond donors (Lipinski definition) is 1. The molecule has 0 unspecified atom stereocenters. The van der Waals surface area contributed by atoms with Gasteiger partial charge in [-0.3, -0.25) is 9.69 Å². The van der Waals surface area contributed by atoms with E-state index in [2.05, 4.69) is 83.0 Å². The zero-order valence-electron chi connectivity index (χ0n) is 21.9. The standard InChI is InChI=1S/C32H37N3O2/c1-34-27-19-26(28(37-2)20-25(27)13-14-29(34)36)21-33-31-24-15-17-35(18-16-24)32(31)30(22-9-5-3-6-10-22)23-11-7-4-8-12-23/h3-12,19-20,24,30-33H,13-18,21H2,1-2H3/t31-,32-/m0/s1. The predicted molar refractivity (Wildman–Crippen MR) is 148 cm³/mol. The molecule has 3 saturated heterocycles. The van der Waals surface area contributed by atoms with Gasteiger partial charge in [-0.25, -0.2) is 0 Å². The minimum absolute atomic E-state index is 0.183. The Kier molecular flexibility index (Phi) is 6.74. The average molecular weight is 496 g/mol. The normalized spacial score (nSPS) is 24.8. The van der Waals surface area contributed by atoms with Crippen molar-refractivity contribution in [3.8, 4) is 5.75 Å². The summed E-state index contributed by atoms with van der Waals surface area (Å²) in [5.74, 6) is 2.05. The van der Waals surface area contributed by atoms with Crippen molar-refractivity contribution in [2.75, 3.05) is 32.1 Å². The number of amides is 1. The second-order valence-electron chi connectivity index (χ2n) is 10.8. The number of rotatable bonds is 7. The van der Waals surface area contributed by atoms with Gasteiger partial charge in [0.05, 0.1) is 7.11 Å². The van der Waals surface area contributed by atoms with Gasteiger partial charge in [0.1, 0.15) is 5.75 Å². The summed E-state index contributed by atoms with van der Waals surface area (Å²) in [6, 6.07) is 27.1. The van der Waals surface area contributed by atoms with Gasteiger partial charge in [-0.2, -0.15) is 0 Å².